The Kier molecular flexibility index (Phi) is 65.6. The molecule has 4 fully saturated rings. The van der Waals surface area contributed by atoms with Crippen LogP contribution in [0.15, 0.2) is 0 Å². The zero-order valence-corrected chi connectivity index (χ0v) is 77.4. The van der Waals surface area contributed by atoms with Crippen LogP contribution in [0.4, 0.5) is 0 Å². The van der Waals surface area contributed by atoms with E-state index in [1.807, 2.05) is 6.92 Å². The molecule has 0 amide bonds. The topological polar surface area (TPSA) is 499 Å². The van der Waals surface area contributed by atoms with Crippen molar-refractivity contribution in [3.8, 4) is 0 Å². The van der Waals surface area contributed by atoms with Crippen molar-refractivity contribution in [2.24, 2.45) is 29.6 Å². The lowest BCUT2D eigenvalue weighted by Crippen LogP contribution is -2.65. The van der Waals surface area contributed by atoms with Crippen molar-refractivity contribution in [2.75, 3.05) is 26.4 Å². The number of carbonyl (C=O) groups excluding carboxylic acids is 4. The summed E-state index contributed by atoms with van der Waals surface area (Å²) in [7, 11) is 0. The van der Waals surface area contributed by atoms with Crippen LogP contribution in [0.5, 0.6) is 0 Å². The molecule has 4 aliphatic heterocycles. The highest BCUT2D eigenvalue weighted by Gasteiger charge is 2.57. The molecule has 4 rings (SSSR count). The van der Waals surface area contributed by atoms with E-state index in [-0.39, 0.29) is 55.7 Å². The number of esters is 4. The van der Waals surface area contributed by atoms with Gasteiger partial charge in [-0.2, -0.15) is 0 Å². The SMILES string of the molecule is CCCCCCCCCCCCCCCC(=O)OC1C(OC2OC(CO)C(O)C(O)C2OSOOO)OC(CO)C(O)C1OC(=O)C(C)CC(C)C(C)O.CCCCCCCCCCCCCCCCCC(O)C(C)CC(C)C(=O)OC1C(OC2OC(CO)C(O)C(O)C2OSOOO)OC(CO)C(O)C1OC(=O)C(C)CCCCCCCCCCCCC. The van der Waals surface area contributed by atoms with Crippen LogP contribution < -0.4 is 0 Å². The number of hydrogen-bond acceptors (Lipinski definition) is 36. The molecule has 4 aliphatic rings. The highest BCUT2D eigenvalue weighted by atomic mass is 32.2. The fourth-order valence-electron chi connectivity index (χ4n) is 15.9. The summed E-state index contributed by atoms with van der Waals surface area (Å²) in [5.74, 6) is -5.65. The van der Waals surface area contributed by atoms with Crippen LogP contribution in [0.25, 0.3) is 0 Å². The van der Waals surface area contributed by atoms with Crippen molar-refractivity contribution in [3.63, 3.8) is 0 Å². The average Bonchev–Trinajstić information content (AvgIpc) is 0.779. The first-order valence-corrected chi connectivity index (χ1v) is 48.3. The Balaban J connectivity index is 0.000000662. The molecule has 4 saturated heterocycles. The van der Waals surface area contributed by atoms with Gasteiger partial charge in [-0.15, -0.1) is 8.67 Å². The molecule has 0 aromatic heterocycles. The Morgan fingerprint density at radius 1 is 0.323 bits per heavy atom. The summed E-state index contributed by atoms with van der Waals surface area (Å²) in [6.07, 6.45) is 13.2. The third-order valence-electron chi connectivity index (χ3n) is 24.2. The lowest BCUT2D eigenvalue weighted by molar-refractivity contribution is -0.435. The molecule has 0 radical (unpaired) electrons. The van der Waals surface area contributed by atoms with Gasteiger partial charge < -0.3 is 109 Å². The van der Waals surface area contributed by atoms with Gasteiger partial charge in [0.2, 0.25) is 12.6 Å². The Hall–Kier alpha value is -2.46. The molecule has 14 N–H and O–H groups in total. The highest BCUT2D eigenvalue weighted by molar-refractivity contribution is 7.89. The first kappa shape index (κ1) is 116. The molecule has 0 aromatic carbocycles. The van der Waals surface area contributed by atoms with Crippen molar-refractivity contribution in [3.05, 3.63) is 0 Å². The van der Waals surface area contributed by atoms with Gasteiger partial charge in [-0.3, -0.25) is 27.5 Å². The number of carbonyl (C=O) groups is 4. The van der Waals surface area contributed by atoms with Crippen molar-refractivity contribution in [1.29, 1.82) is 0 Å². The molecule has 0 bridgehead atoms. The smallest absolute Gasteiger partial charge is 0.309 e. The lowest BCUT2D eigenvalue weighted by Gasteiger charge is -2.46. The van der Waals surface area contributed by atoms with E-state index in [0.717, 1.165) is 70.6 Å². The molecule has 27 atom stereocenters. The highest BCUT2D eigenvalue weighted by Crippen LogP contribution is 2.38. The molecule has 36 heteroatoms. The predicted octanol–water partition coefficient (Wildman–Crippen LogP) is 12.6. The number of rotatable bonds is 71. The zero-order chi connectivity index (χ0) is 91.6. The van der Waals surface area contributed by atoms with E-state index in [4.69, 9.17) is 66.2 Å². The summed E-state index contributed by atoms with van der Waals surface area (Å²) >= 11 is 0.0879. The second-order valence-corrected chi connectivity index (χ2v) is 35.7. The van der Waals surface area contributed by atoms with Crippen molar-refractivity contribution in [2.45, 2.75) is 480 Å². The normalized spacial score (nSPS) is 28.3. The summed E-state index contributed by atoms with van der Waals surface area (Å²) < 4.78 is 77.7. The third-order valence-corrected chi connectivity index (χ3v) is 25.0. The number of hydrogen-bond donors (Lipinski definition) is 14. The number of unbranched alkanes of at least 4 members (excludes halogenated alkanes) is 36. The molecule has 27 unspecified atom stereocenters. The summed E-state index contributed by atoms with van der Waals surface area (Å²) in [6.45, 7) is 13.7. The van der Waals surface area contributed by atoms with Gasteiger partial charge in [-0.05, 0) is 50.9 Å². The maximum atomic E-state index is 14.0. The van der Waals surface area contributed by atoms with Crippen molar-refractivity contribution >= 4 is 48.5 Å². The van der Waals surface area contributed by atoms with Crippen LogP contribution in [0.1, 0.15) is 345 Å². The van der Waals surface area contributed by atoms with Gasteiger partial charge in [0.25, 0.3) is 0 Å². The minimum absolute atomic E-state index is 0.0121. The minimum atomic E-state index is -1.79. The molecule has 124 heavy (non-hydrogen) atoms. The first-order chi connectivity index (χ1) is 59.7. The standard InChI is InChI=1S/C52H98O17S.C36H66O17S/c1-6-8-10-12-14-16-18-19-20-21-23-25-27-29-31-33-40(55)38(4)34-39(5)50(60)65-48-46(64-49(59)37(3)32-30-28-26-24-22-17-15-13-11-9-7-2)44(57)42(36-54)63-52(48)66-51-47(67-70-69-68-61)45(58)43(56)41(35-53)62-51;1-5-6-7-8-9-10-11-12-13-14-15-16-17-18-27(40)48-33-31(49-34(44)23(3)19-22(2)24(4)39)29(42)26(21-38)47-36(33)50-35-32(51-54-53-52-45)30(43)28(41)25(20-37)46-35/h37-48,51-58,61H,6-36H2,1-5H3;22-26,28-33,35-39,41-43,45H,5-21H2,1-4H3. The van der Waals surface area contributed by atoms with E-state index in [9.17, 15) is 80.5 Å². The number of ether oxygens (including phenoxy) is 10. The maximum Gasteiger partial charge on any atom is 0.309 e. The van der Waals surface area contributed by atoms with E-state index < -0.39 is 203 Å². The molecule has 34 nitrogen and oxygen atoms in total. The Bertz CT molecular complexity index is 2640. The van der Waals surface area contributed by atoms with Crippen LogP contribution in [0.3, 0.4) is 0 Å². The fourth-order valence-corrected chi connectivity index (χ4v) is 16.6. The molecule has 0 aromatic rings. The zero-order valence-electron chi connectivity index (χ0n) is 75.8. The quantitative estimate of drug-likeness (QED) is 0.00671. The second kappa shape index (κ2) is 70.3. The summed E-state index contributed by atoms with van der Waals surface area (Å²) in [4.78, 5) is 54.3. The van der Waals surface area contributed by atoms with Gasteiger partial charge in [0.05, 0.1) is 56.4 Å². The predicted molar refractivity (Wildman–Crippen MR) is 459 cm³/mol. The van der Waals surface area contributed by atoms with Gasteiger partial charge in [-0.1, -0.05) is 309 Å². The molecular weight excluding hydrogens is 1670 g/mol. The molecule has 0 saturated carbocycles. The molecule has 0 spiro atoms. The monoisotopic (exact) mass is 1830 g/mol. The van der Waals surface area contributed by atoms with E-state index in [0.29, 0.717) is 19.3 Å². The average molecular weight is 1830 g/mol. The molecule has 732 valence electrons. The summed E-state index contributed by atoms with van der Waals surface area (Å²) in [5.41, 5.74) is 0. The van der Waals surface area contributed by atoms with Gasteiger partial charge in [0.15, 0.2) is 73.9 Å². The van der Waals surface area contributed by atoms with Gasteiger partial charge in [0, 0.05) is 6.42 Å². The van der Waals surface area contributed by atoms with Gasteiger partial charge in [-0.25, -0.2) is 10.5 Å². The van der Waals surface area contributed by atoms with Gasteiger partial charge >= 0.3 is 23.9 Å². The summed E-state index contributed by atoms with van der Waals surface area (Å²) in [5, 5.41) is 151. The number of aliphatic hydroxyl groups is 12. The van der Waals surface area contributed by atoms with Gasteiger partial charge in [0.1, 0.15) is 61.0 Å². The van der Waals surface area contributed by atoms with Crippen LogP contribution in [0, 0.1) is 29.6 Å². The molecule has 4 heterocycles. The Labute approximate surface area is 746 Å². The van der Waals surface area contributed by atoms with Crippen LogP contribution in [-0.2, 0) is 93.7 Å². The van der Waals surface area contributed by atoms with Crippen molar-refractivity contribution < 1.29 is 165 Å². The largest absolute Gasteiger partial charge is 0.455 e. The second-order valence-electron chi connectivity index (χ2n) is 34.8. The third kappa shape index (κ3) is 45.3. The van der Waals surface area contributed by atoms with Crippen molar-refractivity contribution in [1.82, 2.24) is 0 Å². The van der Waals surface area contributed by atoms with Crippen LogP contribution in [-0.4, -0.2) is 257 Å². The first-order valence-electron chi connectivity index (χ1n) is 47.0. The Morgan fingerprint density at radius 2 is 0.597 bits per heavy atom. The van der Waals surface area contributed by atoms with E-state index in [1.165, 1.54) is 173 Å². The fraction of sp³-hybridized carbons (Fsp3) is 0.955. The van der Waals surface area contributed by atoms with E-state index in [1.54, 1.807) is 34.6 Å². The molecular formula is C88H164O34S2. The summed E-state index contributed by atoms with van der Waals surface area (Å²) in [6, 6.07) is 0. The molecule has 0 aliphatic carbocycles. The van der Waals surface area contributed by atoms with Crippen LogP contribution in [0.2, 0.25) is 0 Å². The van der Waals surface area contributed by atoms with Crippen LogP contribution >= 0.6 is 24.6 Å². The number of aliphatic hydroxyl groups excluding tert-OH is 12. The minimum Gasteiger partial charge on any atom is -0.455 e. The maximum absolute atomic E-state index is 14.0. The van der Waals surface area contributed by atoms with E-state index in [2.05, 4.69) is 39.5 Å². The Morgan fingerprint density at radius 3 is 0.919 bits per heavy atom. The lowest BCUT2D eigenvalue weighted by atomic mass is 9.90. The van der Waals surface area contributed by atoms with E-state index >= 15 is 0 Å².